The largest absolute Gasteiger partial charge is 0.425 e. The maximum Gasteiger partial charge on any atom is 0.425 e. The minimum atomic E-state index is -3.11. The zero-order valence-corrected chi connectivity index (χ0v) is 8.99. The van der Waals surface area contributed by atoms with Crippen LogP contribution >= 0.6 is 0 Å². The number of fused-ring (bicyclic) bond motifs is 1. The van der Waals surface area contributed by atoms with Crippen LogP contribution in [0.25, 0.3) is 10.8 Å². The van der Waals surface area contributed by atoms with Gasteiger partial charge in [-0.3, -0.25) is 0 Å². The fourth-order valence-electron chi connectivity index (χ4n) is 1.31. The summed E-state index contributed by atoms with van der Waals surface area (Å²) in [5.74, 6) is 0. The lowest BCUT2D eigenvalue weighted by molar-refractivity contribution is 0.559. The lowest BCUT2D eigenvalue weighted by Crippen LogP contribution is -1.73. The molecular weight excluding hydrogens is 224 g/mol. The third-order valence-corrected chi connectivity index (χ3v) is 1.90. The zero-order chi connectivity index (χ0) is 11.3. The van der Waals surface area contributed by atoms with E-state index in [0.29, 0.717) is 0 Å². The molecule has 0 aliphatic rings. The summed E-state index contributed by atoms with van der Waals surface area (Å²) in [5, 5.41) is 2.64. The Hall–Kier alpha value is -1.68. The van der Waals surface area contributed by atoms with Crippen LogP contribution in [0.15, 0.2) is 42.5 Å². The van der Waals surface area contributed by atoms with Crippen LogP contribution in [0.3, 0.4) is 0 Å². The molecule has 0 heterocycles. The summed E-state index contributed by atoms with van der Waals surface area (Å²) in [5.41, 5.74) is 1.32. The Labute approximate surface area is 96.8 Å². The smallest absolute Gasteiger partial charge is 0.142 e. The average Bonchev–Trinajstić information content (AvgIpc) is 2.16. The van der Waals surface area contributed by atoms with Gasteiger partial charge < -0.3 is 0 Å². The molecule has 0 atom stereocenters. The minimum Gasteiger partial charge on any atom is -0.142 e. The Bertz CT molecular complexity index is 552. The first-order chi connectivity index (χ1) is 7.09. The van der Waals surface area contributed by atoms with Gasteiger partial charge >= 0.3 is 10.6 Å². The van der Waals surface area contributed by atoms with E-state index in [4.69, 9.17) is 12.6 Å². The summed E-state index contributed by atoms with van der Waals surface area (Å²) in [6.45, 7) is 2.12. The molecule has 2 rings (SSSR count). The van der Waals surface area contributed by atoms with Crippen LogP contribution < -0.4 is 0 Å². The molecule has 0 saturated carbocycles. The Morgan fingerprint density at radius 2 is 1.38 bits per heavy atom. The predicted octanol–water partition coefficient (Wildman–Crippen LogP) is 2.78. The van der Waals surface area contributed by atoms with E-state index in [0.717, 1.165) is 0 Å². The standard InChI is InChI=1S/C11H10.CH4.O3S/c1-9-6-7-10-4-2-3-5-11(10)8-9;;1-4(2)3/h2-8H,1H3;1H4;. The van der Waals surface area contributed by atoms with Crippen LogP contribution in [0.2, 0.25) is 0 Å². The van der Waals surface area contributed by atoms with E-state index in [9.17, 15) is 0 Å². The van der Waals surface area contributed by atoms with Crippen LogP contribution in [0.5, 0.6) is 0 Å². The molecule has 0 aromatic heterocycles. The summed E-state index contributed by atoms with van der Waals surface area (Å²) in [6.07, 6.45) is 0. The average molecular weight is 238 g/mol. The van der Waals surface area contributed by atoms with E-state index in [2.05, 4.69) is 49.4 Å². The topological polar surface area (TPSA) is 51.2 Å². The molecule has 16 heavy (non-hydrogen) atoms. The van der Waals surface area contributed by atoms with E-state index in [1.165, 1.54) is 16.3 Å². The van der Waals surface area contributed by atoms with E-state index in [1.807, 2.05) is 0 Å². The summed E-state index contributed by atoms with van der Waals surface area (Å²) in [6, 6.07) is 14.9. The zero-order valence-electron chi connectivity index (χ0n) is 8.17. The quantitative estimate of drug-likeness (QED) is 0.709. The van der Waals surface area contributed by atoms with Crippen molar-refractivity contribution in [2.24, 2.45) is 0 Å². The predicted molar refractivity (Wildman–Crippen MR) is 65.1 cm³/mol. The molecule has 0 spiro atoms. The third kappa shape index (κ3) is 4.70. The van der Waals surface area contributed by atoms with Gasteiger partial charge in [-0.25, -0.2) is 0 Å². The van der Waals surface area contributed by atoms with Crippen LogP contribution in [0.4, 0.5) is 0 Å². The van der Waals surface area contributed by atoms with Gasteiger partial charge in [-0.15, -0.1) is 12.6 Å². The van der Waals surface area contributed by atoms with Crippen LogP contribution in [0.1, 0.15) is 13.0 Å². The fourth-order valence-corrected chi connectivity index (χ4v) is 1.31. The van der Waals surface area contributed by atoms with Crippen molar-refractivity contribution in [3.8, 4) is 0 Å². The molecule has 0 fully saturated rings. The molecule has 0 radical (unpaired) electrons. The van der Waals surface area contributed by atoms with Crippen LogP contribution in [-0.4, -0.2) is 12.6 Å². The van der Waals surface area contributed by atoms with E-state index in [-0.39, 0.29) is 7.43 Å². The van der Waals surface area contributed by atoms with Crippen molar-refractivity contribution < 1.29 is 12.6 Å². The van der Waals surface area contributed by atoms with Gasteiger partial charge in [-0.05, 0) is 17.7 Å². The van der Waals surface area contributed by atoms with Crippen LogP contribution in [0, 0.1) is 6.92 Å². The normalized spacial score (nSPS) is 8.56. The number of hydrogen-bond donors (Lipinski definition) is 0. The highest BCUT2D eigenvalue weighted by molar-refractivity contribution is 7.59. The van der Waals surface area contributed by atoms with Gasteiger partial charge in [0.1, 0.15) is 0 Å². The van der Waals surface area contributed by atoms with Gasteiger partial charge in [0.15, 0.2) is 0 Å². The van der Waals surface area contributed by atoms with Crippen LogP contribution in [-0.2, 0) is 10.6 Å². The minimum absolute atomic E-state index is 0. The van der Waals surface area contributed by atoms with Crippen molar-refractivity contribution in [2.45, 2.75) is 14.4 Å². The Morgan fingerprint density at radius 3 is 1.94 bits per heavy atom. The highest BCUT2D eigenvalue weighted by Gasteiger charge is 1.89. The SMILES string of the molecule is C.Cc1ccc2ccccc2c1.O=S(=O)=O. The molecule has 0 bridgehead atoms. The highest BCUT2D eigenvalue weighted by Crippen LogP contribution is 2.14. The molecule has 0 amide bonds. The Balaban J connectivity index is 0.000000397. The second-order valence-corrected chi connectivity index (χ2v) is 3.46. The highest BCUT2D eigenvalue weighted by atomic mass is 32.2. The van der Waals surface area contributed by atoms with E-state index < -0.39 is 10.6 Å². The van der Waals surface area contributed by atoms with E-state index >= 15 is 0 Å². The summed E-state index contributed by atoms with van der Waals surface area (Å²) >= 11 is 0. The van der Waals surface area contributed by atoms with Crippen molar-refractivity contribution in [3.63, 3.8) is 0 Å². The second kappa shape index (κ2) is 6.74. The molecular formula is C12H14O3S. The summed E-state index contributed by atoms with van der Waals surface area (Å²) in [4.78, 5) is 0. The van der Waals surface area contributed by atoms with Gasteiger partial charge in [0, 0.05) is 0 Å². The molecule has 86 valence electrons. The van der Waals surface area contributed by atoms with Crippen molar-refractivity contribution in [1.29, 1.82) is 0 Å². The van der Waals surface area contributed by atoms with Gasteiger partial charge in [0.25, 0.3) is 0 Å². The molecule has 0 unspecified atom stereocenters. The molecule has 3 nitrogen and oxygen atoms in total. The van der Waals surface area contributed by atoms with Gasteiger partial charge in [0.05, 0.1) is 0 Å². The van der Waals surface area contributed by atoms with Gasteiger partial charge in [-0.1, -0.05) is 55.5 Å². The number of aryl methyl sites for hydroxylation is 1. The molecule has 2 aromatic carbocycles. The number of benzene rings is 2. The lowest BCUT2D eigenvalue weighted by Gasteiger charge is -1.96. The van der Waals surface area contributed by atoms with Gasteiger partial charge in [0.2, 0.25) is 0 Å². The molecule has 4 heteroatoms. The van der Waals surface area contributed by atoms with Gasteiger partial charge in [-0.2, -0.15) is 0 Å². The summed E-state index contributed by atoms with van der Waals surface area (Å²) in [7, 11) is -3.11. The first-order valence-corrected chi connectivity index (χ1v) is 5.32. The monoisotopic (exact) mass is 238 g/mol. The lowest BCUT2D eigenvalue weighted by atomic mass is 10.1. The van der Waals surface area contributed by atoms with Crippen molar-refractivity contribution in [2.75, 3.05) is 0 Å². The number of rotatable bonds is 0. The Kier molecular flexibility index (Phi) is 6.03. The number of hydrogen-bond acceptors (Lipinski definition) is 3. The molecule has 0 aliphatic carbocycles. The summed E-state index contributed by atoms with van der Waals surface area (Å²) < 4.78 is 25.3. The maximum atomic E-state index is 8.44. The van der Waals surface area contributed by atoms with E-state index in [1.54, 1.807) is 0 Å². The molecule has 0 aliphatic heterocycles. The molecule has 0 saturated heterocycles. The third-order valence-electron chi connectivity index (χ3n) is 1.90. The molecule has 0 N–H and O–H groups in total. The first kappa shape index (κ1) is 14.3. The molecule has 2 aromatic rings. The fraction of sp³-hybridized carbons (Fsp3) is 0.167. The Morgan fingerprint density at radius 1 is 0.875 bits per heavy atom. The second-order valence-electron chi connectivity index (χ2n) is 3.05. The first-order valence-electron chi connectivity index (χ1n) is 4.32. The van der Waals surface area contributed by atoms with Crippen molar-refractivity contribution >= 4 is 21.4 Å². The maximum absolute atomic E-state index is 8.44. The van der Waals surface area contributed by atoms with Crippen molar-refractivity contribution in [3.05, 3.63) is 48.0 Å². The van der Waals surface area contributed by atoms with Crippen molar-refractivity contribution in [1.82, 2.24) is 0 Å².